The maximum absolute atomic E-state index is 2.99. The first-order valence-corrected chi connectivity index (χ1v) is 6.48. The second-order valence-corrected chi connectivity index (χ2v) is 6.60. The monoisotopic (exact) mass is 354 g/mol. The van der Waals surface area contributed by atoms with Crippen molar-refractivity contribution in [3.05, 3.63) is 48.6 Å². The molecule has 0 radical (unpaired) electrons. The molecule has 0 amide bonds. The van der Waals surface area contributed by atoms with E-state index in [9.17, 15) is 0 Å². The molecule has 0 saturated heterocycles. The molecule has 0 spiro atoms. The van der Waals surface area contributed by atoms with Gasteiger partial charge in [0.1, 0.15) is 0 Å². The van der Waals surface area contributed by atoms with Crippen LogP contribution in [0.1, 0.15) is 29.5 Å². The van der Waals surface area contributed by atoms with Gasteiger partial charge in [-0.25, -0.2) is 24.3 Å². The summed E-state index contributed by atoms with van der Waals surface area (Å²) in [6.07, 6.45) is 20.0. The van der Waals surface area contributed by atoms with Gasteiger partial charge in [0, 0.05) is 0 Å². The molecule has 0 fully saturated rings. The van der Waals surface area contributed by atoms with Gasteiger partial charge < -0.3 is 2.85 Å². The van der Waals surface area contributed by atoms with Gasteiger partial charge in [-0.15, -0.1) is 12.8 Å². The van der Waals surface area contributed by atoms with Crippen molar-refractivity contribution in [1.29, 1.82) is 0 Å². The van der Waals surface area contributed by atoms with Gasteiger partial charge in [0.2, 0.25) is 0 Å². The average molecular weight is 353 g/mol. The van der Waals surface area contributed by atoms with Crippen molar-refractivity contribution in [3.63, 3.8) is 0 Å². The molecule has 0 bridgehead atoms. The summed E-state index contributed by atoms with van der Waals surface area (Å²) in [4.78, 5) is 0. The molecule has 2 aliphatic carbocycles. The van der Waals surface area contributed by atoms with Crippen molar-refractivity contribution >= 4 is 3.26 Å². The Morgan fingerprint density at radius 1 is 1.07 bits per heavy atom. The van der Waals surface area contributed by atoms with E-state index in [1.54, 1.807) is 3.26 Å². The Kier molecular flexibility index (Phi) is 10.5. The van der Waals surface area contributed by atoms with E-state index >= 15 is 0 Å². The number of rotatable bonds is 0. The smallest absolute Gasteiger partial charge is 0.109 e. The molecule has 0 aromatic rings. The predicted molar refractivity (Wildman–Crippen MR) is 61.7 cm³/mol. The molecular weight excluding hydrogens is 335 g/mol. The van der Waals surface area contributed by atoms with Gasteiger partial charge in [-0.3, -0.25) is 12.2 Å². The Labute approximate surface area is 105 Å². The van der Waals surface area contributed by atoms with E-state index in [-0.39, 0.29) is 2.85 Å². The normalized spacial score (nSPS) is 14.6. The molecule has 0 aliphatic heterocycles. The minimum absolute atomic E-state index is 0. The Morgan fingerprint density at radius 3 is 1.50 bits per heavy atom. The van der Waals surface area contributed by atoms with Gasteiger partial charge in [-0.05, 0) is 0 Å². The zero-order valence-corrected chi connectivity index (χ0v) is 12.5. The molecule has 0 heterocycles. The average Bonchev–Trinajstić information content (AvgIpc) is 2.83. The van der Waals surface area contributed by atoms with Crippen molar-refractivity contribution in [1.82, 2.24) is 0 Å². The van der Waals surface area contributed by atoms with Crippen LogP contribution in [0.15, 0.2) is 36.5 Å². The second kappa shape index (κ2) is 10.8. The third-order valence-electron chi connectivity index (χ3n) is 1.17. The van der Waals surface area contributed by atoms with Crippen molar-refractivity contribution in [3.8, 4) is 0 Å². The summed E-state index contributed by atoms with van der Waals surface area (Å²) in [5.74, 6) is 0. The molecule has 0 nitrogen and oxygen atoms in total. The number of hydrogen-bond donors (Lipinski definition) is 0. The van der Waals surface area contributed by atoms with Crippen LogP contribution in [-0.4, -0.2) is 3.26 Å². The summed E-state index contributed by atoms with van der Waals surface area (Å²) < 4.78 is 1.56. The molecule has 2 rings (SSSR count). The molecule has 0 unspecified atom stereocenters. The standard InChI is InChI=1S/2C5H5.C3H6.Hf.2H/c2*1-2-4-5-3-1;1-3-2;;;/h2*1-3H,4H2;1-2H3;;;/q2*-1;;+2;2*-1. The van der Waals surface area contributed by atoms with Gasteiger partial charge in [0.05, 0.1) is 0 Å². The van der Waals surface area contributed by atoms with Gasteiger partial charge >= 0.3 is 41.0 Å². The molecule has 0 aromatic carbocycles. The fourth-order valence-electron chi connectivity index (χ4n) is 0.680. The quantitative estimate of drug-likeness (QED) is 0.462. The van der Waals surface area contributed by atoms with E-state index in [2.05, 4.69) is 38.2 Å². The first-order chi connectivity index (χ1) is 6.73. The maximum Gasteiger partial charge on any atom is -0.109 e. The fourth-order valence-corrected chi connectivity index (χ4v) is 0.680. The Bertz CT molecular complexity index is 217. The zero-order chi connectivity index (χ0) is 10.6. The summed E-state index contributed by atoms with van der Waals surface area (Å²) in [6.45, 7) is 4.29. The van der Waals surface area contributed by atoms with Crippen LogP contribution in [0.3, 0.4) is 0 Å². The van der Waals surface area contributed by atoms with E-state index in [4.69, 9.17) is 0 Å². The third kappa shape index (κ3) is 14.2. The van der Waals surface area contributed by atoms with Crippen LogP contribution < -0.4 is 0 Å². The SMILES string of the molecule is C[C](C)=[Hf+2].[C-]1=CC=CC1.[C-]1=CC=CC1.[H-].[H-]. The van der Waals surface area contributed by atoms with Gasteiger partial charge in [-0.1, -0.05) is 0 Å². The van der Waals surface area contributed by atoms with Crippen molar-refractivity contribution in [2.45, 2.75) is 26.7 Å². The summed E-state index contributed by atoms with van der Waals surface area (Å²) in [5, 5.41) is 0. The van der Waals surface area contributed by atoms with Crippen LogP contribution in [-0.2, 0) is 23.9 Å². The summed E-state index contributed by atoms with van der Waals surface area (Å²) in [5.41, 5.74) is 0. The van der Waals surface area contributed by atoms with E-state index in [0.29, 0.717) is 0 Å². The Hall–Kier alpha value is -0.300. The molecule has 1 heteroatoms. The fraction of sp³-hybridized carbons (Fsp3) is 0.308. The summed E-state index contributed by atoms with van der Waals surface area (Å²) >= 11 is 1.27. The van der Waals surface area contributed by atoms with Crippen molar-refractivity contribution < 1.29 is 26.7 Å². The Balaban J connectivity index is -0.000000151. The minimum atomic E-state index is 0. The Morgan fingerprint density at radius 2 is 1.43 bits per heavy atom. The van der Waals surface area contributed by atoms with Crippen LogP contribution in [0.4, 0.5) is 0 Å². The van der Waals surface area contributed by atoms with Crippen molar-refractivity contribution in [2.75, 3.05) is 0 Å². The third-order valence-corrected chi connectivity index (χ3v) is 1.17. The van der Waals surface area contributed by atoms with E-state index in [1.807, 2.05) is 24.3 Å². The van der Waals surface area contributed by atoms with Gasteiger partial charge in [0.15, 0.2) is 0 Å². The van der Waals surface area contributed by atoms with Crippen LogP contribution in [0, 0.1) is 12.2 Å². The maximum atomic E-state index is 2.99. The van der Waals surface area contributed by atoms with E-state index < -0.39 is 0 Å². The van der Waals surface area contributed by atoms with Crippen LogP contribution in [0.5, 0.6) is 0 Å². The van der Waals surface area contributed by atoms with E-state index in [1.165, 1.54) is 23.9 Å². The molecule has 0 N–H and O–H groups in total. The van der Waals surface area contributed by atoms with Crippen molar-refractivity contribution in [2.24, 2.45) is 0 Å². The van der Waals surface area contributed by atoms with Crippen LogP contribution >= 0.6 is 0 Å². The first kappa shape index (κ1) is 13.7. The number of allylic oxidation sites excluding steroid dienone is 8. The summed E-state index contributed by atoms with van der Waals surface area (Å²) in [6, 6.07) is 0. The molecule has 0 atom stereocenters. The molecule has 0 aromatic heterocycles. The minimum Gasteiger partial charge on any atom is -1.00 e. The summed E-state index contributed by atoms with van der Waals surface area (Å²) in [7, 11) is 0. The largest absolute Gasteiger partial charge is 1.00 e. The molecule has 14 heavy (non-hydrogen) atoms. The predicted octanol–water partition coefficient (Wildman–Crippen LogP) is 3.58. The first-order valence-electron chi connectivity index (χ1n) is 4.68. The molecule has 2 aliphatic rings. The van der Waals surface area contributed by atoms with Crippen LogP contribution in [0.25, 0.3) is 0 Å². The van der Waals surface area contributed by atoms with E-state index in [0.717, 1.165) is 12.8 Å². The molecule has 0 saturated carbocycles. The number of hydrogen-bond acceptors (Lipinski definition) is 0. The molecular formula is C13H18Hf-2. The molecule has 76 valence electrons. The topological polar surface area (TPSA) is 0 Å². The second-order valence-electron chi connectivity index (χ2n) is 3.01. The van der Waals surface area contributed by atoms with Crippen LogP contribution in [0.2, 0.25) is 0 Å². The van der Waals surface area contributed by atoms with Gasteiger partial charge in [-0.2, -0.15) is 12.2 Å². The zero-order valence-electron chi connectivity index (χ0n) is 10.9. The van der Waals surface area contributed by atoms with Gasteiger partial charge in [0.25, 0.3) is 0 Å².